The van der Waals surface area contributed by atoms with Crippen LogP contribution in [0.15, 0.2) is 77.3 Å². The van der Waals surface area contributed by atoms with Gasteiger partial charge in [0.2, 0.25) is 5.89 Å². The molecule has 0 spiro atoms. The minimum atomic E-state index is 0.668. The number of benzene rings is 3. The Bertz CT molecular complexity index is 953. The zero-order valence-electron chi connectivity index (χ0n) is 12.3. The minimum absolute atomic E-state index is 0.668. The molecule has 0 fully saturated rings. The molecule has 0 aliphatic rings. The Kier molecular flexibility index (Phi) is 3.01. The maximum atomic E-state index is 5.97. The van der Waals surface area contributed by atoms with Gasteiger partial charge in [-0.15, -0.1) is 0 Å². The SMILES string of the molecule is Cc1ccccc1-c1ncc(-c2ccc3ccccc3c2)o1. The lowest BCUT2D eigenvalue weighted by atomic mass is 10.1. The van der Waals surface area contributed by atoms with E-state index in [-0.39, 0.29) is 0 Å². The van der Waals surface area contributed by atoms with E-state index in [0.29, 0.717) is 5.89 Å². The third-order valence-electron chi connectivity index (χ3n) is 3.92. The van der Waals surface area contributed by atoms with Crippen LogP contribution in [0.25, 0.3) is 33.6 Å². The van der Waals surface area contributed by atoms with Crippen LogP contribution in [0.2, 0.25) is 0 Å². The summed E-state index contributed by atoms with van der Waals surface area (Å²) in [5.41, 5.74) is 3.25. The van der Waals surface area contributed by atoms with Crippen molar-refractivity contribution in [1.82, 2.24) is 4.98 Å². The van der Waals surface area contributed by atoms with Crippen molar-refractivity contribution < 1.29 is 4.42 Å². The quantitative estimate of drug-likeness (QED) is 0.488. The van der Waals surface area contributed by atoms with Gasteiger partial charge in [0.1, 0.15) is 0 Å². The molecule has 1 aromatic heterocycles. The van der Waals surface area contributed by atoms with Gasteiger partial charge in [-0.05, 0) is 35.4 Å². The molecule has 0 atom stereocenters. The lowest BCUT2D eigenvalue weighted by molar-refractivity contribution is 0.588. The summed E-state index contributed by atoms with van der Waals surface area (Å²) in [5, 5.41) is 2.43. The van der Waals surface area contributed by atoms with Crippen LogP contribution in [0.3, 0.4) is 0 Å². The molecule has 2 nitrogen and oxygen atoms in total. The predicted molar refractivity (Wildman–Crippen MR) is 89.6 cm³/mol. The van der Waals surface area contributed by atoms with E-state index in [0.717, 1.165) is 22.5 Å². The highest BCUT2D eigenvalue weighted by atomic mass is 16.4. The predicted octanol–water partition coefficient (Wildman–Crippen LogP) is 5.47. The molecule has 3 aromatic carbocycles. The van der Waals surface area contributed by atoms with Crippen LogP contribution in [-0.4, -0.2) is 4.98 Å². The van der Waals surface area contributed by atoms with Crippen LogP contribution < -0.4 is 0 Å². The molecule has 0 amide bonds. The van der Waals surface area contributed by atoms with Crippen LogP contribution in [-0.2, 0) is 0 Å². The molecule has 0 radical (unpaired) electrons. The molecule has 4 rings (SSSR count). The van der Waals surface area contributed by atoms with Crippen molar-refractivity contribution in [2.45, 2.75) is 6.92 Å². The summed E-state index contributed by atoms with van der Waals surface area (Å²) in [4.78, 5) is 4.44. The van der Waals surface area contributed by atoms with E-state index in [1.165, 1.54) is 10.8 Å². The molecule has 0 saturated heterocycles. The van der Waals surface area contributed by atoms with Gasteiger partial charge < -0.3 is 4.42 Å². The average molecular weight is 285 g/mol. The summed E-state index contributed by atoms with van der Waals surface area (Å²) >= 11 is 0. The molecule has 22 heavy (non-hydrogen) atoms. The Morgan fingerprint density at radius 1 is 0.818 bits per heavy atom. The lowest BCUT2D eigenvalue weighted by Crippen LogP contribution is -1.81. The van der Waals surface area contributed by atoms with E-state index < -0.39 is 0 Å². The van der Waals surface area contributed by atoms with E-state index in [1.54, 1.807) is 6.20 Å². The van der Waals surface area contributed by atoms with Crippen LogP contribution in [0.1, 0.15) is 5.56 Å². The lowest BCUT2D eigenvalue weighted by Gasteiger charge is -2.02. The number of oxazole rings is 1. The second-order valence-corrected chi connectivity index (χ2v) is 5.41. The van der Waals surface area contributed by atoms with Gasteiger partial charge in [-0.3, -0.25) is 0 Å². The fourth-order valence-corrected chi connectivity index (χ4v) is 2.69. The third kappa shape index (κ3) is 2.19. The Morgan fingerprint density at radius 3 is 2.45 bits per heavy atom. The van der Waals surface area contributed by atoms with Crippen molar-refractivity contribution in [2.75, 3.05) is 0 Å². The van der Waals surface area contributed by atoms with Gasteiger partial charge in [0, 0.05) is 11.1 Å². The van der Waals surface area contributed by atoms with Gasteiger partial charge in [0.05, 0.1) is 6.20 Å². The number of aromatic nitrogens is 1. The Morgan fingerprint density at radius 2 is 1.59 bits per heavy atom. The molecule has 0 aliphatic heterocycles. The second-order valence-electron chi connectivity index (χ2n) is 5.41. The highest BCUT2D eigenvalue weighted by molar-refractivity contribution is 5.86. The minimum Gasteiger partial charge on any atom is -0.436 e. The van der Waals surface area contributed by atoms with Gasteiger partial charge >= 0.3 is 0 Å². The number of hydrogen-bond acceptors (Lipinski definition) is 2. The monoisotopic (exact) mass is 285 g/mol. The van der Waals surface area contributed by atoms with Crippen LogP contribution >= 0.6 is 0 Å². The topological polar surface area (TPSA) is 26.0 Å². The first kappa shape index (κ1) is 12.8. The zero-order chi connectivity index (χ0) is 14.9. The number of nitrogens with zero attached hydrogens (tertiary/aromatic N) is 1. The Balaban J connectivity index is 1.78. The van der Waals surface area contributed by atoms with Crippen molar-refractivity contribution in [2.24, 2.45) is 0 Å². The first-order chi connectivity index (χ1) is 10.8. The summed E-state index contributed by atoms with van der Waals surface area (Å²) in [5.74, 6) is 1.46. The largest absolute Gasteiger partial charge is 0.436 e. The molecule has 4 aromatic rings. The average Bonchev–Trinajstić information content (AvgIpc) is 3.04. The molecule has 0 aliphatic carbocycles. The third-order valence-corrected chi connectivity index (χ3v) is 3.92. The van der Waals surface area contributed by atoms with Crippen molar-refractivity contribution in [1.29, 1.82) is 0 Å². The van der Waals surface area contributed by atoms with E-state index in [2.05, 4.69) is 48.3 Å². The molecule has 0 saturated carbocycles. The van der Waals surface area contributed by atoms with Crippen molar-refractivity contribution in [3.8, 4) is 22.8 Å². The summed E-state index contributed by atoms with van der Waals surface area (Å²) < 4.78 is 5.97. The molecular formula is C20H15NO. The van der Waals surface area contributed by atoms with E-state index in [4.69, 9.17) is 4.42 Å². The van der Waals surface area contributed by atoms with Crippen LogP contribution in [0.4, 0.5) is 0 Å². The summed E-state index contributed by atoms with van der Waals surface area (Å²) in [6.07, 6.45) is 1.80. The molecular weight excluding hydrogens is 270 g/mol. The Labute approximate surface area is 129 Å². The molecule has 0 unspecified atom stereocenters. The van der Waals surface area contributed by atoms with Crippen molar-refractivity contribution in [3.63, 3.8) is 0 Å². The van der Waals surface area contributed by atoms with Gasteiger partial charge in [0.15, 0.2) is 5.76 Å². The summed E-state index contributed by atoms with van der Waals surface area (Å²) in [7, 11) is 0. The molecule has 0 N–H and O–H groups in total. The van der Waals surface area contributed by atoms with Gasteiger partial charge in [-0.25, -0.2) is 4.98 Å². The first-order valence-corrected chi connectivity index (χ1v) is 7.32. The molecule has 1 heterocycles. The van der Waals surface area contributed by atoms with E-state index >= 15 is 0 Å². The second kappa shape index (κ2) is 5.15. The summed E-state index contributed by atoms with van der Waals surface area (Å²) in [6, 6.07) is 22.8. The fourth-order valence-electron chi connectivity index (χ4n) is 2.69. The fraction of sp³-hybridized carbons (Fsp3) is 0.0500. The number of aryl methyl sites for hydroxylation is 1. The van der Waals surface area contributed by atoms with E-state index in [9.17, 15) is 0 Å². The number of rotatable bonds is 2. The highest BCUT2D eigenvalue weighted by Crippen LogP contribution is 2.29. The summed E-state index contributed by atoms with van der Waals surface area (Å²) in [6.45, 7) is 2.06. The standard InChI is InChI=1S/C20H15NO/c1-14-6-2-5-9-18(14)20-21-13-19(22-20)17-11-10-15-7-3-4-8-16(15)12-17/h2-13H,1H3. The highest BCUT2D eigenvalue weighted by Gasteiger charge is 2.10. The van der Waals surface area contributed by atoms with E-state index in [1.807, 2.05) is 30.3 Å². The van der Waals surface area contributed by atoms with Gasteiger partial charge in [-0.2, -0.15) is 0 Å². The smallest absolute Gasteiger partial charge is 0.226 e. The molecule has 106 valence electrons. The zero-order valence-corrected chi connectivity index (χ0v) is 12.3. The van der Waals surface area contributed by atoms with Gasteiger partial charge in [0.25, 0.3) is 0 Å². The van der Waals surface area contributed by atoms with Gasteiger partial charge in [-0.1, -0.05) is 54.6 Å². The maximum absolute atomic E-state index is 5.97. The van der Waals surface area contributed by atoms with Crippen LogP contribution in [0, 0.1) is 6.92 Å². The molecule has 0 bridgehead atoms. The number of fused-ring (bicyclic) bond motifs is 1. The maximum Gasteiger partial charge on any atom is 0.226 e. The first-order valence-electron chi connectivity index (χ1n) is 7.32. The Hall–Kier alpha value is -2.87. The van der Waals surface area contributed by atoms with Crippen LogP contribution in [0.5, 0.6) is 0 Å². The number of hydrogen-bond donors (Lipinski definition) is 0. The van der Waals surface area contributed by atoms with Crippen molar-refractivity contribution in [3.05, 3.63) is 78.5 Å². The van der Waals surface area contributed by atoms with Crippen molar-refractivity contribution >= 4 is 10.8 Å². The normalized spacial score (nSPS) is 11.0. The molecule has 2 heteroatoms.